The molecule has 7 heteroatoms. The van der Waals surface area contributed by atoms with Crippen molar-refractivity contribution in [1.29, 1.82) is 0 Å². The van der Waals surface area contributed by atoms with E-state index >= 15 is 0 Å². The minimum atomic E-state index is -4.06. The topological polar surface area (TPSA) is 36.4 Å². The van der Waals surface area contributed by atoms with Crippen LogP contribution in [0.4, 0.5) is 13.2 Å². The lowest BCUT2D eigenvalue weighted by Crippen LogP contribution is -2.37. The number of hydrogen-bond acceptors (Lipinski definition) is 2. The number of rotatable bonds is 6. The lowest BCUT2D eigenvalue weighted by Gasteiger charge is -2.11. The fourth-order valence-electron chi connectivity index (χ4n) is 1.46. The van der Waals surface area contributed by atoms with E-state index < -0.39 is 12.6 Å². The SMILES string of the molecule is CN=C(NCCCCC(F)(F)F)NCc1cccs1. The molecule has 1 rings (SSSR count). The maximum Gasteiger partial charge on any atom is 0.389 e. The van der Waals surface area contributed by atoms with Gasteiger partial charge in [0.15, 0.2) is 5.96 Å². The second-order valence-corrected chi connectivity index (χ2v) is 5.04. The van der Waals surface area contributed by atoms with Gasteiger partial charge in [0.2, 0.25) is 0 Å². The predicted molar refractivity (Wildman–Crippen MR) is 72.4 cm³/mol. The molecule has 0 amide bonds. The van der Waals surface area contributed by atoms with Crippen molar-refractivity contribution < 1.29 is 13.2 Å². The predicted octanol–water partition coefficient (Wildman–Crippen LogP) is 3.15. The molecule has 1 aromatic heterocycles. The average Bonchev–Trinajstić information content (AvgIpc) is 2.84. The molecule has 1 aromatic rings. The van der Waals surface area contributed by atoms with E-state index in [0.717, 1.165) is 0 Å². The summed E-state index contributed by atoms with van der Waals surface area (Å²) in [4.78, 5) is 5.19. The highest BCUT2D eigenvalue weighted by Gasteiger charge is 2.25. The average molecular weight is 293 g/mol. The van der Waals surface area contributed by atoms with Crippen molar-refractivity contribution >= 4 is 17.3 Å². The highest BCUT2D eigenvalue weighted by atomic mass is 32.1. The minimum Gasteiger partial charge on any atom is -0.356 e. The molecule has 3 nitrogen and oxygen atoms in total. The Kier molecular flexibility index (Phi) is 6.69. The van der Waals surface area contributed by atoms with Crippen molar-refractivity contribution in [3.63, 3.8) is 0 Å². The van der Waals surface area contributed by atoms with Crippen LogP contribution in [0.15, 0.2) is 22.5 Å². The molecule has 0 aromatic carbocycles. The Balaban J connectivity index is 2.12. The second-order valence-electron chi connectivity index (χ2n) is 4.00. The summed E-state index contributed by atoms with van der Waals surface area (Å²) in [5, 5.41) is 8.09. The third-order valence-electron chi connectivity index (χ3n) is 2.41. The standard InChI is InChI=1S/C12H18F3N3S/c1-16-11(18-9-10-5-4-8-19-10)17-7-3-2-6-12(13,14)15/h4-5,8H,2-3,6-7,9H2,1H3,(H2,16,17,18). The minimum absolute atomic E-state index is 0.137. The number of halogens is 3. The molecular weight excluding hydrogens is 275 g/mol. The molecular formula is C12H18F3N3S. The first-order chi connectivity index (χ1) is 9.01. The fraction of sp³-hybridized carbons (Fsp3) is 0.583. The zero-order valence-electron chi connectivity index (χ0n) is 10.8. The molecule has 0 aliphatic carbocycles. The highest BCUT2D eigenvalue weighted by Crippen LogP contribution is 2.21. The van der Waals surface area contributed by atoms with Crippen molar-refractivity contribution in [2.24, 2.45) is 4.99 Å². The first kappa shape index (κ1) is 15.8. The van der Waals surface area contributed by atoms with Gasteiger partial charge in [0.05, 0.1) is 6.54 Å². The number of thiophene rings is 1. The van der Waals surface area contributed by atoms with Gasteiger partial charge in [0, 0.05) is 24.9 Å². The number of unbranched alkanes of at least 4 members (excludes halogenated alkanes) is 1. The van der Waals surface area contributed by atoms with Crippen molar-refractivity contribution in [2.75, 3.05) is 13.6 Å². The van der Waals surface area contributed by atoms with Crippen LogP contribution < -0.4 is 10.6 Å². The van der Waals surface area contributed by atoms with E-state index in [-0.39, 0.29) is 6.42 Å². The zero-order chi connectivity index (χ0) is 14.1. The number of guanidine groups is 1. The van der Waals surface area contributed by atoms with E-state index in [1.807, 2.05) is 17.5 Å². The van der Waals surface area contributed by atoms with Gasteiger partial charge in [0.25, 0.3) is 0 Å². The van der Waals surface area contributed by atoms with Crippen LogP contribution >= 0.6 is 11.3 Å². The molecule has 0 saturated carbocycles. The Hall–Kier alpha value is -1.24. The lowest BCUT2D eigenvalue weighted by molar-refractivity contribution is -0.135. The highest BCUT2D eigenvalue weighted by molar-refractivity contribution is 7.09. The molecule has 0 unspecified atom stereocenters. The van der Waals surface area contributed by atoms with Crippen LogP contribution in [0, 0.1) is 0 Å². The summed E-state index contributed by atoms with van der Waals surface area (Å²) >= 11 is 1.64. The maximum atomic E-state index is 11.9. The van der Waals surface area contributed by atoms with Gasteiger partial charge in [-0.1, -0.05) is 6.07 Å². The molecule has 108 valence electrons. The Morgan fingerprint density at radius 1 is 1.32 bits per heavy atom. The molecule has 0 atom stereocenters. The Morgan fingerprint density at radius 3 is 2.68 bits per heavy atom. The zero-order valence-corrected chi connectivity index (χ0v) is 11.6. The van der Waals surface area contributed by atoms with E-state index in [2.05, 4.69) is 15.6 Å². The van der Waals surface area contributed by atoms with E-state index in [4.69, 9.17) is 0 Å². The molecule has 0 radical (unpaired) electrons. The van der Waals surface area contributed by atoms with Crippen molar-refractivity contribution in [1.82, 2.24) is 10.6 Å². The number of aliphatic imine (C=N–C) groups is 1. The monoisotopic (exact) mass is 293 g/mol. The van der Waals surface area contributed by atoms with E-state index in [0.29, 0.717) is 25.5 Å². The number of hydrogen-bond donors (Lipinski definition) is 2. The van der Waals surface area contributed by atoms with Crippen LogP contribution in [0.2, 0.25) is 0 Å². The molecule has 0 fully saturated rings. The Bertz CT molecular complexity index is 374. The first-order valence-corrected chi connectivity index (χ1v) is 6.93. The van der Waals surface area contributed by atoms with Gasteiger partial charge < -0.3 is 10.6 Å². The van der Waals surface area contributed by atoms with Gasteiger partial charge in [-0.25, -0.2) is 0 Å². The first-order valence-electron chi connectivity index (χ1n) is 6.05. The van der Waals surface area contributed by atoms with Crippen molar-refractivity contribution in [3.05, 3.63) is 22.4 Å². The van der Waals surface area contributed by atoms with Crippen LogP contribution in [0.1, 0.15) is 24.1 Å². The Morgan fingerprint density at radius 2 is 2.11 bits per heavy atom. The van der Waals surface area contributed by atoms with Crippen LogP contribution in [-0.2, 0) is 6.54 Å². The van der Waals surface area contributed by atoms with Gasteiger partial charge in [-0.3, -0.25) is 4.99 Å². The quantitative estimate of drug-likeness (QED) is 0.480. The van der Waals surface area contributed by atoms with Gasteiger partial charge >= 0.3 is 6.18 Å². The summed E-state index contributed by atoms with van der Waals surface area (Å²) in [6.07, 6.45) is -4.17. The smallest absolute Gasteiger partial charge is 0.356 e. The molecule has 0 spiro atoms. The molecule has 0 aliphatic heterocycles. The largest absolute Gasteiger partial charge is 0.389 e. The molecule has 0 aliphatic rings. The van der Waals surface area contributed by atoms with Crippen LogP contribution in [-0.4, -0.2) is 25.7 Å². The van der Waals surface area contributed by atoms with E-state index in [1.165, 1.54) is 4.88 Å². The van der Waals surface area contributed by atoms with Gasteiger partial charge in [-0.05, 0) is 24.3 Å². The summed E-state index contributed by atoms with van der Waals surface area (Å²) in [7, 11) is 1.64. The second kappa shape index (κ2) is 8.04. The van der Waals surface area contributed by atoms with Crippen LogP contribution in [0.3, 0.4) is 0 Å². The van der Waals surface area contributed by atoms with Crippen molar-refractivity contribution in [2.45, 2.75) is 32.0 Å². The van der Waals surface area contributed by atoms with E-state index in [9.17, 15) is 13.2 Å². The molecule has 19 heavy (non-hydrogen) atoms. The number of nitrogens with zero attached hydrogens (tertiary/aromatic N) is 1. The van der Waals surface area contributed by atoms with Gasteiger partial charge in [-0.2, -0.15) is 13.2 Å². The summed E-state index contributed by atoms with van der Waals surface area (Å²) in [5.41, 5.74) is 0. The number of alkyl halides is 3. The van der Waals surface area contributed by atoms with Crippen LogP contribution in [0.25, 0.3) is 0 Å². The number of nitrogens with one attached hydrogen (secondary N) is 2. The summed E-state index contributed by atoms with van der Waals surface area (Å²) in [6.45, 7) is 1.15. The third kappa shape index (κ3) is 7.71. The van der Waals surface area contributed by atoms with Crippen LogP contribution in [0.5, 0.6) is 0 Å². The molecule has 1 heterocycles. The normalized spacial score (nSPS) is 12.5. The third-order valence-corrected chi connectivity index (χ3v) is 3.29. The maximum absolute atomic E-state index is 11.9. The van der Waals surface area contributed by atoms with Gasteiger partial charge in [0.1, 0.15) is 0 Å². The molecule has 0 bridgehead atoms. The summed E-state index contributed by atoms with van der Waals surface area (Å²) in [6, 6.07) is 3.98. The van der Waals surface area contributed by atoms with E-state index in [1.54, 1.807) is 18.4 Å². The molecule has 0 saturated heterocycles. The fourth-order valence-corrected chi connectivity index (χ4v) is 2.11. The summed E-state index contributed by atoms with van der Waals surface area (Å²) in [5.74, 6) is 0.611. The van der Waals surface area contributed by atoms with Crippen molar-refractivity contribution in [3.8, 4) is 0 Å². The molecule has 2 N–H and O–H groups in total. The Labute approximate surface area is 114 Å². The van der Waals surface area contributed by atoms with Gasteiger partial charge in [-0.15, -0.1) is 11.3 Å². The summed E-state index contributed by atoms with van der Waals surface area (Å²) < 4.78 is 35.8. The lowest BCUT2D eigenvalue weighted by atomic mass is 10.2.